The van der Waals surface area contributed by atoms with Crippen LogP contribution in [0.1, 0.15) is 5.56 Å². The fourth-order valence-electron chi connectivity index (χ4n) is 4.87. The van der Waals surface area contributed by atoms with Gasteiger partial charge in [0.25, 0.3) is 0 Å². The molecule has 0 amide bonds. The van der Waals surface area contributed by atoms with Crippen LogP contribution in [-0.4, -0.2) is 9.55 Å². The first kappa shape index (κ1) is 25.1. The van der Waals surface area contributed by atoms with Gasteiger partial charge in [-0.15, -0.1) is 17.0 Å². The highest BCUT2D eigenvalue weighted by atomic mass is 79.9. The molecule has 182 valence electrons. The fourth-order valence-corrected chi connectivity index (χ4v) is 7.15. The Kier molecular flexibility index (Phi) is 7.37. The second-order valence-corrected chi connectivity index (χ2v) is 11.3. The van der Waals surface area contributed by atoms with Crippen molar-refractivity contribution in [1.29, 1.82) is 0 Å². The molecule has 1 aromatic heterocycles. The molecule has 0 radical (unpaired) electrons. The minimum absolute atomic E-state index is 0. The van der Waals surface area contributed by atoms with Crippen LogP contribution in [0, 0.1) is 6.92 Å². The van der Waals surface area contributed by atoms with E-state index in [1.54, 1.807) is 0 Å². The van der Waals surface area contributed by atoms with Crippen molar-refractivity contribution in [2.45, 2.75) is 6.92 Å². The molecule has 0 aliphatic heterocycles. The van der Waals surface area contributed by atoms with E-state index in [0.29, 0.717) is 0 Å². The predicted molar refractivity (Wildman–Crippen MR) is 165 cm³/mol. The fraction of sp³-hybridized carbons (Fsp3) is 0.0606. The van der Waals surface area contributed by atoms with E-state index < -0.39 is 7.92 Å². The van der Waals surface area contributed by atoms with Crippen LogP contribution in [0.25, 0.3) is 33.5 Å². The van der Waals surface area contributed by atoms with Gasteiger partial charge < -0.3 is 4.57 Å². The largest absolute Gasteiger partial charge is 0.327 e. The second-order valence-electron chi connectivity index (χ2n) is 9.09. The minimum Gasteiger partial charge on any atom is -0.327 e. The van der Waals surface area contributed by atoms with E-state index in [9.17, 15) is 0 Å². The summed E-state index contributed by atoms with van der Waals surface area (Å²) in [5, 5.41) is 4.08. The summed E-state index contributed by atoms with van der Waals surface area (Å²) in [6.07, 6.45) is 0. The standard InChI is InChI=1S/C33H27N2P.BrH/c1-24-17-22-29(30(23-24)33-34-31-15-9-10-16-32(31)35(33)2)25-18-20-28(21-19-25)36(26-11-5-3-6-12-26)27-13-7-4-8-14-27;/h3-23H,1-2H3;1H. The van der Waals surface area contributed by atoms with E-state index in [1.807, 2.05) is 6.07 Å². The normalized spacial score (nSPS) is 11.0. The van der Waals surface area contributed by atoms with Crippen molar-refractivity contribution in [2.24, 2.45) is 7.05 Å². The number of rotatable bonds is 5. The monoisotopic (exact) mass is 562 g/mol. The number of aryl methyl sites for hydroxylation is 2. The van der Waals surface area contributed by atoms with Crippen LogP contribution in [0.5, 0.6) is 0 Å². The number of para-hydroxylation sites is 2. The van der Waals surface area contributed by atoms with Gasteiger partial charge in [0.05, 0.1) is 11.0 Å². The maximum absolute atomic E-state index is 5.00. The third kappa shape index (κ3) is 4.90. The lowest BCUT2D eigenvalue weighted by molar-refractivity contribution is 0.959. The molecule has 0 saturated carbocycles. The summed E-state index contributed by atoms with van der Waals surface area (Å²) in [4.78, 5) is 5.00. The van der Waals surface area contributed by atoms with E-state index in [0.717, 1.165) is 22.4 Å². The van der Waals surface area contributed by atoms with Gasteiger partial charge in [0.2, 0.25) is 0 Å². The van der Waals surface area contributed by atoms with Crippen LogP contribution in [-0.2, 0) is 7.05 Å². The summed E-state index contributed by atoms with van der Waals surface area (Å²) in [7, 11) is 1.48. The lowest BCUT2D eigenvalue weighted by Gasteiger charge is -2.20. The van der Waals surface area contributed by atoms with Crippen LogP contribution in [0.4, 0.5) is 0 Å². The molecule has 0 aliphatic carbocycles. The summed E-state index contributed by atoms with van der Waals surface area (Å²) in [6.45, 7) is 2.14. The van der Waals surface area contributed by atoms with Crippen molar-refractivity contribution >= 4 is 51.9 Å². The third-order valence-corrected chi connectivity index (χ3v) is 9.11. The highest BCUT2D eigenvalue weighted by Crippen LogP contribution is 2.36. The molecule has 0 aliphatic rings. The molecule has 6 aromatic rings. The Bertz CT molecular complexity index is 1600. The molecule has 5 aromatic carbocycles. The Morgan fingerprint density at radius 1 is 0.595 bits per heavy atom. The van der Waals surface area contributed by atoms with Crippen LogP contribution in [0.2, 0.25) is 0 Å². The molecule has 0 fully saturated rings. The van der Waals surface area contributed by atoms with Gasteiger partial charge in [-0.25, -0.2) is 4.98 Å². The number of nitrogens with zero attached hydrogens (tertiary/aromatic N) is 2. The molecule has 6 rings (SSSR count). The van der Waals surface area contributed by atoms with Gasteiger partial charge in [0, 0.05) is 12.6 Å². The lowest BCUT2D eigenvalue weighted by Crippen LogP contribution is -2.20. The van der Waals surface area contributed by atoms with Crippen molar-refractivity contribution in [3.8, 4) is 22.5 Å². The number of benzene rings is 5. The zero-order chi connectivity index (χ0) is 24.5. The van der Waals surface area contributed by atoms with Gasteiger partial charge >= 0.3 is 0 Å². The Balaban J connectivity index is 0.00000280. The molecule has 1 heterocycles. The van der Waals surface area contributed by atoms with Gasteiger partial charge in [-0.2, -0.15) is 0 Å². The molecule has 0 N–H and O–H groups in total. The van der Waals surface area contributed by atoms with Crippen LogP contribution in [0.15, 0.2) is 127 Å². The topological polar surface area (TPSA) is 17.8 Å². The molecule has 0 unspecified atom stereocenters. The number of imidazole rings is 1. The highest BCUT2D eigenvalue weighted by molar-refractivity contribution is 8.93. The predicted octanol–water partition coefficient (Wildman–Crippen LogP) is 7.55. The molecule has 0 atom stereocenters. The van der Waals surface area contributed by atoms with E-state index in [1.165, 1.54) is 32.6 Å². The van der Waals surface area contributed by atoms with Crippen LogP contribution >= 0.6 is 24.9 Å². The van der Waals surface area contributed by atoms with E-state index in [2.05, 4.69) is 140 Å². The quantitative estimate of drug-likeness (QED) is 0.198. The minimum atomic E-state index is -0.619. The molecule has 2 nitrogen and oxygen atoms in total. The van der Waals surface area contributed by atoms with Crippen LogP contribution < -0.4 is 15.9 Å². The summed E-state index contributed by atoms with van der Waals surface area (Å²) >= 11 is 0. The summed E-state index contributed by atoms with van der Waals surface area (Å²) < 4.78 is 2.20. The van der Waals surface area contributed by atoms with Crippen molar-refractivity contribution in [1.82, 2.24) is 9.55 Å². The first-order valence-corrected chi connectivity index (χ1v) is 13.6. The lowest BCUT2D eigenvalue weighted by atomic mass is 9.97. The van der Waals surface area contributed by atoms with Crippen molar-refractivity contribution in [3.63, 3.8) is 0 Å². The smallest absolute Gasteiger partial charge is 0.141 e. The Hall–Kier alpha value is -3.52. The average Bonchev–Trinajstić information content (AvgIpc) is 3.27. The average molecular weight is 563 g/mol. The summed E-state index contributed by atoms with van der Waals surface area (Å²) in [6, 6.07) is 45.9. The Morgan fingerprint density at radius 2 is 1.16 bits per heavy atom. The summed E-state index contributed by atoms with van der Waals surface area (Å²) in [5.41, 5.74) is 6.97. The maximum Gasteiger partial charge on any atom is 0.141 e. The molecular formula is C33H28BrN2P. The van der Waals surface area contributed by atoms with Gasteiger partial charge in [0.15, 0.2) is 0 Å². The molecular weight excluding hydrogens is 535 g/mol. The first-order chi connectivity index (χ1) is 17.7. The number of hydrogen-bond donors (Lipinski definition) is 0. The van der Waals surface area contributed by atoms with Crippen molar-refractivity contribution in [2.75, 3.05) is 0 Å². The number of halogens is 1. The summed E-state index contributed by atoms with van der Waals surface area (Å²) in [5.74, 6) is 0.995. The zero-order valence-electron chi connectivity index (χ0n) is 20.9. The number of fused-ring (bicyclic) bond motifs is 1. The van der Waals surface area contributed by atoms with Crippen LogP contribution in [0.3, 0.4) is 0 Å². The first-order valence-electron chi connectivity index (χ1n) is 12.2. The van der Waals surface area contributed by atoms with Crippen molar-refractivity contribution in [3.05, 3.63) is 133 Å². The van der Waals surface area contributed by atoms with Gasteiger partial charge in [-0.05, 0) is 60.1 Å². The van der Waals surface area contributed by atoms with Gasteiger partial charge in [-0.1, -0.05) is 115 Å². The Morgan fingerprint density at radius 3 is 1.78 bits per heavy atom. The molecule has 0 saturated heterocycles. The number of hydrogen-bond acceptors (Lipinski definition) is 1. The van der Waals surface area contributed by atoms with Gasteiger partial charge in [0.1, 0.15) is 5.82 Å². The molecule has 0 bridgehead atoms. The molecule has 0 spiro atoms. The third-order valence-electron chi connectivity index (χ3n) is 6.67. The van der Waals surface area contributed by atoms with E-state index >= 15 is 0 Å². The second kappa shape index (κ2) is 10.8. The SMILES string of the molecule is Br.Cc1ccc(-c2ccc(P(c3ccccc3)c3ccccc3)cc2)c(-c2nc3ccccc3n2C)c1. The van der Waals surface area contributed by atoms with E-state index in [4.69, 9.17) is 4.98 Å². The number of aromatic nitrogens is 2. The van der Waals surface area contributed by atoms with Gasteiger partial charge in [-0.3, -0.25) is 0 Å². The Labute approximate surface area is 230 Å². The molecule has 37 heavy (non-hydrogen) atoms. The maximum atomic E-state index is 5.00. The van der Waals surface area contributed by atoms with Crippen molar-refractivity contribution < 1.29 is 0 Å². The zero-order valence-corrected chi connectivity index (χ0v) is 23.5. The highest BCUT2D eigenvalue weighted by Gasteiger charge is 2.18. The van der Waals surface area contributed by atoms with E-state index in [-0.39, 0.29) is 17.0 Å². The molecule has 4 heteroatoms.